The molecule has 13 heteroatoms. The molecule has 3 aromatic rings. The van der Waals surface area contributed by atoms with Gasteiger partial charge in [0.2, 0.25) is 5.13 Å². The lowest BCUT2D eigenvalue weighted by atomic mass is 10.1. The van der Waals surface area contributed by atoms with E-state index < -0.39 is 33.8 Å². The number of benzene rings is 2. The first-order valence-electron chi connectivity index (χ1n) is 11.4. The summed E-state index contributed by atoms with van der Waals surface area (Å²) in [6.45, 7) is 6.96. The minimum atomic E-state index is -4.56. The lowest BCUT2D eigenvalue weighted by molar-refractivity contribution is -0.137. The topological polar surface area (TPSA) is 101 Å². The third kappa shape index (κ3) is 6.98. The molecule has 0 aliphatic carbocycles. The van der Waals surface area contributed by atoms with E-state index in [0.717, 1.165) is 35.1 Å². The van der Waals surface area contributed by atoms with Gasteiger partial charge in [-0.25, -0.2) is 12.7 Å². The number of sulfonamides is 1. The van der Waals surface area contributed by atoms with Crippen molar-refractivity contribution in [3.05, 3.63) is 64.7 Å². The lowest BCUT2D eigenvalue weighted by Gasteiger charge is -2.25. The minimum absolute atomic E-state index is 0.00593. The Morgan fingerprint density at radius 2 is 1.78 bits per heavy atom. The maximum absolute atomic E-state index is 13.2. The molecule has 0 saturated carbocycles. The summed E-state index contributed by atoms with van der Waals surface area (Å²) in [6, 6.07) is 8.61. The Morgan fingerprint density at radius 3 is 2.32 bits per heavy atom. The number of ether oxygens (including phenoxy) is 1. The van der Waals surface area contributed by atoms with Crippen LogP contribution < -0.4 is 14.4 Å². The Morgan fingerprint density at radius 1 is 1.11 bits per heavy atom. The molecule has 200 valence electrons. The number of rotatable bonds is 10. The molecule has 1 aromatic heterocycles. The molecule has 0 unspecified atom stereocenters. The van der Waals surface area contributed by atoms with Gasteiger partial charge in [0.1, 0.15) is 11.3 Å². The predicted octanol–water partition coefficient (Wildman–Crippen LogP) is 4.92. The van der Waals surface area contributed by atoms with Crippen LogP contribution in [0.15, 0.2) is 52.9 Å². The highest BCUT2D eigenvalue weighted by Gasteiger charge is 2.32. The number of aromatic nitrogens is 2. The van der Waals surface area contributed by atoms with E-state index in [2.05, 4.69) is 15.5 Å². The van der Waals surface area contributed by atoms with Gasteiger partial charge in [-0.1, -0.05) is 23.5 Å². The van der Waals surface area contributed by atoms with Gasteiger partial charge in [0.15, 0.2) is 0 Å². The van der Waals surface area contributed by atoms with E-state index in [4.69, 9.17) is 4.74 Å². The number of anilines is 1. The Balaban J connectivity index is 1.68. The minimum Gasteiger partial charge on any atom is -0.490 e. The van der Waals surface area contributed by atoms with Gasteiger partial charge in [-0.3, -0.25) is 4.79 Å². The summed E-state index contributed by atoms with van der Waals surface area (Å²) < 4.78 is 72.2. The fourth-order valence-corrected chi connectivity index (χ4v) is 5.98. The van der Waals surface area contributed by atoms with Crippen LogP contribution in [-0.2, 0) is 22.6 Å². The zero-order valence-corrected chi connectivity index (χ0v) is 22.2. The monoisotopic (exact) mass is 556 g/mol. The zero-order chi connectivity index (χ0) is 27.4. The van der Waals surface area contributed by atoms with Crippen LogP contribution in [0.3, 0.4) is 0 Å². The summed E-state index contributed by atoms with van der Waals surface area (Å²) in [5.41, 5.74) is 1.31. The highest BCUT2D eigenvalue weighted by Crippen LogP contribution is 2.33. The number of alkyl halides is 3. The number of nitrogens with one attached hydrogen (secondary N) is 1. The summed E-state index contributed by atoms with van der Waals surface area (Å²) in [6.07, 6.45) is -4.62. The second-order valence-corrected chi connectivity index (χ2v) is 11.3. The second-order valence-electron chi connectivity index (χ2n) is 8.64. The van der Waals surface area contributed by atoms with Crippen LogP contribution in [0.5, 0.6) is 5.75 Å². The van der Waals surface area contributed by atoms with Crippen LogP contribution in [0.4, 0.5) is 18.3 Å². The van der Waals surface area contributed by atoms with Gasteiger partial charge in [0.05, 0.1) is 22.1 Å². The number of hydrogen-bond acceptors (Lipinski definition) is 7. The first-order chi connectivity index (χ1) is 17.3. The zero-order valence-electron chi connectivity index (χ0n) is 20.6. The van der Waals surface area contributed by atoms with E-state index in [1.54, 1.807) is 39.8 Å². The van der Waals surface area contributed by atoms with Crippen LogP contribution in [0, 0.1) is 0 Å². The molecule has 0 spiro atoms. The summed E-state index contributed by atoms with van der Waals surface area (Å²) in [5.74, 6) is -0.727. The lowest BCUT2D eigenvalue weighted by Crippen LogP contribution is -2.37. The molecule has 0 aliphatic heterocycles. The van der Waals surface area contributed by atoms with E-state index in [0.29, 0.717) is 6.42 Å². The molecule has 1 amide bonds. The highest BCUT2D eigenvalue weighted by molar-refractivity contribution is 7.93. The molecule has 0 atom stereocenters. The number of carbonyl (C=O) groups is 1. The molecule has 3 rings (SSSR count). The Labute approximate surface area is 217 Å². The summed E-state index contributed by atoms with van der Waals surface area (Å²) in [7, 11) is -3.86. The van der Waals surface area contributed by atoms with Gasteiger partial charge in [-0.05, 0) is 70.0 Å². The molecule has 0 aliphatic rings. The van der Waals surface area contributed by atoms with Gasteiger partial charge in [-0.15, -0.1) is 10.2 Å². The Hall–Kier alpha value is -3.19. The quantitative estimate of drug-likeness (QED) is 0.380. The molecule has 0 bridgehead atoms. The fraction of sp³-hybridized carbons (Fsp3) is 0.375. The normalized spacial score (nSPS) is 12.1. The molecular weight excluding hydrogens is 529 g/mol. The van der Waals surface area contributed by atoms with E-state index in [1.807, 2.05) is 0 Å². The molecule has 1 heterocycles. The van der Waals surface area contributed by atoms with Crippen molar-refractivity contribution in [3.8, 4) is 5.75 Å². The van der Waals surface area contributed by atoms with Crippen LogP contribution in [0.2, 0.25) is 0 Å². The van der Waals surface area contributed by atoms with Gasteiger partial charge < -0.3 is 10.1 Å². The third-order valence-electron chi connectivity index (χ3n) is 5.10. The van der Waals surface area contributed by atoms with Gasteiger partial charge in [0, 0.05) is 12.6 Å². The van der Waals surface area contributed by atoms with Crippen LogP contribution in [0.25, 0.3) is 0 Å². The molecule has 1 N–H and O–H groups in total. The van der Waals surface area contributed by atoms with Crippen molar-refractivity contribution in [2.75, 3.05) is 10.8 Å². The maximum atomic E-state index is 13.2. The van der Waals surface area contributed by atoms with Crippen molar-refractivity contribution in [1.29, 1.82) is 0 Å². The average Bonchev–Trinajstić information content (AvgIpc) is 3.32. The first kappa shape index (κ1) is 28.4. The number of carbonyl (C=O) groups excluding carboxylic acids is 1. The number of amides is 1. The largest absolute Gasteiger partial charge is 0.490 e. The first-order valence-corrected chi connectivity index (χ1v) is 13.7. The Bertz CT molecular complexity index is 1310. The second kappa shape index (κ2) is 11.5. The van der Waals surface area contributed by atoms with Crippen molar-refractivity contribution >= 4 is 32.4 Å². The van der Waals surface area contributed by atoms with E-state index in [1.165, 1.54) is 21.9 Å². The average molecular weight is 557 g/mol. The van der Waals surface area contributed by atoms with E-state index in [9.17, 15) is 26.4 Å². The van der Waals surface area contributed by atoms with Gasteiger partial charge >= 0.3 is 6.18 Å². The van der Waals surface area contributed by atoms with Crippen LogP contribution >= 0.6 is 11.3 Å². The highest BCUT2D eigenvalue weighted by atomic mass is 32.2. The number of hydrogen-bond donors (Lipinski definition) is 1. The van der Waals surface area contributed by atoms with E-state index >= 15 is 0 Å². The van der Waals surface area contributed by atoms with Crippen molar-refractivity contribution in [2.24, 2.45) is 0 Å². The SMILES string of the molecule is CC(C)Oc1cc(C(F)(F)F)ccc1C(=O)NCCc1ccc(S(=O)(=O)N(c2nncs2)C(C)C)cc1. The molecule has 0 fully saturated rings. The molecule has 0 saturated heterocycles. The maximum Gasteiger partial charge on any atom is 0.416 e. The molecule has 37 heavy (non-hydrogen) atoms. The van der Waals surface area contributed by atoms with Crippen molar-refractivity contribution in [2.45, 2.75) is 57.3 Å². The Kier molecular flexibility index (Phi) is 8.80. The van der Waals surface area contributed by atoms with Crippen molar-refractivity contribution in [1.82, 2.24) is 15.5 Å². The molecule has 8 nitrogen and oxygen atoms in total. The van der Waals surface area contributed by atoms with Crippen LogP contribution in [-0.4, -0.2) is 43.2 Å². The standard InChI is InChI=1S/C24H27F3N4O4S2/c1-15(2)31(23-30-29-14-36-23)37(33,34)19-8-5-17(6-9-19)11-12-28-22(32)20-10-7-18(24(25,26)27)13-21(20)35-16(3)4/h5-10,13-16H,11-12H2,1-4H3,(H,28,32). The number of halogens is 3. The summed E-state index contributed by atoms with van der Waals surface area (Å²) in [4.78, 5) is 12.8. The summed E-state index contributed by atoms with van der Waals surface area (Å²) in [5, 5.41) is 10.5. The smallest absolute Gasteiger partial charge is 0.416 e. The molecule has 2 aromatic carbocycles. The van der Waals surface area contributed by atoms with Crippen molar-refractivity contribution < 1.29 is 31.1 Å². The molecular formula is C24H27F3N4O4S2. The van der Waals surface area contributed by atoms with Crippen LogP contribution in [0.1, 0.15) is 49.2 Å². The summed E-state index contributed by atoms with van der Waals surface area (Å²) >= 11 is 1.12. The van der Waals surface area contributed by atoms with E-state index in [-0.39, 0.29) is 33.9 Å². The predicted molar refractivity (Wildman–Crippen MR) is 134 cm³/mol. The molecule has 0 radical (unpaired) electrons. The van der Waals surface area contributed by atoms with Gasteiger partial charge in [-0.2, -0.15) is 13.2 Å². The fourth-order valence-electron chi connectivity index (χ4n) is 3.46. The van der Waals surface area contributed by atoms with Crippen molar-refractivity contribution in [3.63, 3.8) is 0 Å². The third-order valence-corrected chi connectivity index (χ3v) is 7.89. The number of nitrogens with zero attached hydrogens (tertiary/aromatic N) is 3. The van der Waals surface area contributed by atoms with Gasteiger partial charge in [0.25, 0.3) is 15.9 Å².